The van der Waals surface area contributed by atoms with Gasteiger partial charge < -0.3 is 9.13 Å². The summed E-state index contributed by atoms with van der Waals surface area (Å²) in [5.74, 6) is 0.866. The summed E-state index contributed by atoms with van der Waals surface area (Å²) in [6, 6.07) is 47.9. The van der Waals surface area contributed by atoms with Gasteiger partial charge in [-0.25, -0.2) is 4.98 Å². The molecule has 5 nitrogen and oxygen atoms in total. The Balaban J connectivity index is 1.14. The standard InChI is InChI=1S/C43H31N5/c1-43(2)34-14-6-10-18-40(34)48(41-27-44-24-23-35(41)43)42-22-20-29(26-45-42)47-38-17-9-5-13-32(38)33-25-28(19-21-39(33)47)46-36-15-7-3-11-30(36)31-12-4-8-16-37(31)46/h3-27H,1-2H3. The molecule has 0 saturated carbocycles. The Kier molecular flexibility index (Phi) is 5.56. The molecule has 0 bridgehead atoms. The SMILES string of the molecule is CC1(C)c2ccccc2N(c2ccc(-n3c4ccccc4c4cc(-n5c6ccccc6c6ccccc65)ccc43)cn2)c2cnccc21. The molecule has 0 N–H and O–H groups in total. The zero-order chi connectivity index (χ0) is 32.0. The molecule has 0 saturated heterocycles. The molecule has 1 aliphatic heterocycles. The van der Waals surface area contributed by atoms with Crippen LogP contribution in [0.1, 0.15) is 25.0 Å². The maximum absolute atomic E-state index is 5.12. The summed E-state index contributed by atoms with van der Waals surface area (Å²) < 4.78 is 4.72. The number of fused-ring (bicyclic) bond motifs is 8. The van der Waals surface area contributed by atoms with Crippen molar-refractivity contribution in [3.8, 4) is 11.4 Å². The number of aromatic nitrogens is 4. The molecule has 4 aromatic heterocycles. The lowest BCUT2D eigenvalue weighted by molar-refractivity contribution is 0.630. The molecule has 9 aromatic rings. The summed E-state index contributed by atoms with van der Waals surface area (Å²) in [4.78, 5) is 11.9. The summed E-state index contributed by atoms with van der Waals surface area (Å²) in [6.07, 6.45) is 5.85. The smallest absolute Gasteiger partial charge is 0.137 e. The zero-order valence-corrected chi connectivity index (χ0v) is 26.7. The van der Waals surface area contributed by atoms with Gasteiger partial charge in [0.2, 0.25) is 0 Å². The van der Waals surface area contributed by atoms with Crippen molar-refractivity contribution in [3.63, 3.8) is 0 Å². The summed E-state index contributed by atoms with van der Waals surface area (Å²) >= 11 is 0. The molecule has 0 atom stereocenters. The molecule has 0 unspecified atom stereocenters. The number of para-hydroxylation sites is 4. The largest absolute Gasteiger partial charge is 0.309 e. The Morgan fingerprint density at radius 2 is 1.04 bits per heavy atom. The third kappa shape index (κ3) is 3.67. The van der Waals surface area contributed by atoms with Crippen LogP contribution in [0.4, 0.5) is 17.2 Å². The van der Waals surface area contributed by atoms with Crippen molar-refractivity contribution >= 4 is 60.8 Å². The predicted molar refractivity (Wildman–Crippen MR) is 198 cm³/mol. The Bertz CT molecular complexity index is 2610. The third-order valence-corrected chi connectivity index (χ3v) is 10.2. The van der Waals surface area contributed by atoms with E-state index in [1.165, 1.54) is 43.7 Å². The van der Waals surface area contributed by atoms with E-state index in [2.05, 4.69) is 166 Å². The van der Waals surface area contributed by atoms with Crippen LogP contribution in [0.2, 0.25) is 0 Å². The summed E-state index contributed by atoms with van der Waals surface area (Å²) in [5.41, 5.74) is 11.5. The van der Waals surface area contributed by atoms with E-state index < -0.39 is 0 Å². The normalized spacial score (nSPS) is 13.8. The van der Waals surface area contributed by atoms with Gasteiger partial charge in [-0.1, -0.05) is 86.6 Å². The lowest BCUT2D eigenvalue weighted by Crippen LogP contribution is -2.31. The quantitative estimate of drug-likeness (QED) is 0.198. The fourth-order valence-electron chi connectivity index (χ4n) is 8.03. The monoisotopic (exact) mass is 617 g/mol. The lowest BCUT2D eigenvalue weighted by Gasteiger charge is -2.41. The Hall–Kier alpha value is -6.20. The molecule has 0 fully saturated rings. The summed E-state index contributed by atoms with van der Waals surface area (Å²) in [7, 11) is 0. The summed E-state index contributed by atoms with van der Waals surface area (Å²) in [6.45, 7) is 4.57. The van der Waals surface area contributed by atoms with Crippen LogP contribution in [-0.2, 0) is 5.41 Å². The lowest BCUT2D eigenvalue weighted by atomic mass is 9.74. The first-order valence-electron chi connectivity index (χ1n) is 16.4. The Labute approximate surface area is 278 Å². The van der Waals surface area contributed by atoms with Crippen molar-refractivity contribution in [1.29, 1.82) is 0 Å². The van der Waals surface area contributed by atoms with Crippen LogP contribution in [0, 0.1) is 0 Å². The van der Waals surface area contributed by atoms with Gasteiger partial charge in [-0.15, -0.1) is 0 Å². The molecule has 5 heterocycles. The van der Waals surface area contributed by atoms with E-state index in [1.54, 1.807) is 0 Å². The van der Waals surface area contributed by atoms with Crippen LogP contribution < -0.4 is 4.90 Å². The molecule has 228 valence electrons. The van der Waals surface area contributed by atoms with Gasteiger partial charge in [-0.2, -0.15) is 0 Å². The Morgan fingerprint density at radius 3 is 1.73 bits per heavy atom. The molecule has 0 aliphatic carbocycles. The van der Waals surface area contributed by atoms with Crippen molar-refractivity contribution in [2.45, 2.75) is 19.3 Å². The van der Waals surface area contributed by atoms with E-state index in [0.29, 0.717) is 0 Å². The number of nitrogens with zero attached hydrogens (tertiary/aromatic N) is 5. The van der Waals surface area contributed by atoms with E-state index >= 15 is 0 Å². The van der Waals surface area contributed by atoms with Crippen molar-refractivity contribution < 1.29 is 0 Å². The highest BCUT2D eigenvalue weighted by molar-refractivity contribution is 6.12. The molecule has 0 amide bonds. The van der Waals surface area contributed by atoms with Crippen molar-refractivity contribution in [3.05, 3.63) is 163 Å². The number of pyridine rings is 2. The topological polar surface area (TPSA) is 38.9 Å². The predicted octanol–water partition coefficient (Wildman–Crippen LogP) is 10.8. The van der Waals surface area contributed by atoms with E-state index in [4.69, 9.17) is 4.98 Å². The molecule has 0 radical (unpaired) electrons. The first kappa shape index (κ1) is 27.0. The highest BCUT2D eigenvalue weighted by Crippen LogP contribution is 2.51. The fourth-order valence-corrected chi connectivity index (χ4v) is 8.03. The highest BCUT2D eigenvalue weighted by Gasteiger charge is 2.37. The molecular formula is C43H31N5. The molecular weight excluding hydrogens is 587 g/mol. The number of benzene rings is 5. The van der Waals surface area contributed by atoms with Gasteiger partial charge in [-0.05, 0) is 71.8 Å². The average Bonchev–Trinajstić information content (AvgIpc) is 3.65. The number of rotatable bonds is 3. The third-order valence-electron chi connectivity index (χ3n) is 10.2. The van der Waals surface area contributed by atoms with E-state index in [1.807, 2.05) is 18.6 Å². The van der Waals surface area contributed by atoms with Gasteiger partial charge >= 0.3 is 0 Å². The fraction of sp³-hybridized carbons (Fsp3) is 0.0698. The minimum absolute atomic E-state index is 0.146. The van der Waals surface area contributed by atoms with Gasteiger partial charge in [-0.3, -0.25) is 9.88 Å². The van der Waals surface area contributed by atoms with Crippen LogP contribution in [0.15, 0.2) is 152 Å². The van der Waals surface area contributed by atoms with Gasteiger partial charge in [0.05, 0.1) is 51.5 Å². The maximum Gasteiger partial charge on any atom is 0.137 e. The first-order chi connectivity index (χ1) is 23.6. The summed E-state index contributed by atoms with van der Waals surface area (Å²) in [5, 5.41) is 4.95. The maximum atomic E-state index is 5.12. The van der Waals surface area contributed by atoms with Gasteiger partial charge in [0.1, 0.15) is 5.82 Å². The molecule has 5 aromatic carbocycles. The van der Waals surface area contributed by atoms with Crippen LogP contribution in [0.5, 0.6) is 0 Å². The van der Waals surface area contributed by atoms with Gasteiger partial charge in [0.25, 0.3) is 0 Å². The van der Waals surface area contributed by atoms with Crippen LogP contribution in [0.3, 0.4) is 0 Å². The van der Waals surface area contributed by atoms with Crippen molar-refractivity contribution in [2.24, 2.45) is 0 Å². The minimum atomic E-state index is -0.146. The highest BCUT2D eigenvalue weighted by atomic mass is 15.2. The van der Waals surface area contributed by atoms with Crippen LogP contribution >= 0.6 is 0 Å². The van der Waals surface area contributed by atoms with E-state index in [0.717, 1.165) is 39.6 Å². The Morgan fingerprint density at radius 1 is 0.479 bits per heavy atom. The zero-order valence-electron chi connectivity index (χ0n) is 26.7. The number of hydrogen-bond acceptors (Lipinski definition) is 3. The number of anilines is 3. The molecule has 10 rings (SSSR count). The molecule has 48 heavy (non-hydrogen) atoms. The molecule has 1 aliphatic rings. The van der Waals surface area contributed by atoms with Crippen molar-refractivity contribution in [2.75, 3.05) is 4.90 Å². The molecule has 0 spiro atoms. The second kappa shape index (κ2) is 9.90. The van der Waals surface area contributed by atoms with E-state index in [9.17, 15) is 0 Å². The van der Waals surface area contributed by atoms with Crippen LogP contribution in [0.25, 0.3) is 55.0 Å². The second-order valence-electron chi connectivity index (χ2n) is 13.2. The second-order valence-corrected chi connectivity index (χ2v) is 13.2. The minimum Gasteiger partial charge on any atom is -0.309 e. The van der Waals surface area contributed by atoms with Crippen molar-refractivity contribution in [1.82, 2.24) is 19.1 Å². The number of hydrogen-bond donors (Lipinski definition) is 0. The average molecular weight is 618 g/mol. The molecule has 5 heteroatoms. The van der Waals surface area contributed by atoms with Crippen LogP contribution in [-0.4, -0.2) is 19.1 Å². The first-order valence-corrected chi connectivity index (χ1v) is 16.4. The van der Waals surface area contributed by atoms with Gasteiger partial charge in [0.15, 0.2) is 0 Å². The van der Waals surface area contributed by atoms with Gasteiger partial charge in [0, 0.05) is 38.8 Å². The van der Waals surface area contributed by atoms with E-state index in [-0.39, 0.29) is 5.41 Å².